The van der Waals surface area contributed by atoms with Gasteiger partial charge in [-0.2, -0.15) is 5.10 Å². The summed E-state index contributed by atoms with van der Waals surface area (Å²) < 4.78 is 1.28. The summed E-state index contributed by atoms with van der Waals surface area (Å²) in [7, 11) is 0. The Balaban J connectivity index is 2.02. The van der Waals surface area contributed by atoms with E-state index in [0.29, 0.717) is 0 Å². The number of halogens is 1. The first-order chi connectivity index (χ1) is 7.25. The first-order valence-corrected chi connectivity index (χ1v) is 5.82. The fraction of sp³-hybridized carbons (Fsp3) is 0.182. The van der Waals surface area contributed by atoms with Gasteiger partial charge >= 0.3 is 0 Å². The van der Waals surface area contributed by atoms with Crippen LogP contribution in [0.1, 0.15) is 11.3 Å². The van der Waals surface area contributed by atoms with Crippen LogP contribution < -0.4 is 5.32 Å². The summed E-state index contributed by atoms with van der Waals surface area (Å²) in [5.41, 5.74) is 3.54. The summed E-state index contributed by atoms with van der Waals surface area (Å²) in [5.74, 6) is 0. The van der Waals surface area contributed by atoms with Gasteiger partial charge in [0.25, 0.3) is 0 Å². The monoisotopic (exact) mass is 313 g/mol. The van der Waals surface area contributed by atoms with Crippen molar-refractivity contribution in [3.8, 4) is 0 Å². The minimum absolute atomic E-state index is 0.777. The van der Waals surface area contributed by atoms with Crippen molar-refractivity contribution in [1.82, 2.24) is 10.2 Å². The van der Waals surface area contributed by atoms with Crippen molar-refractivity contribution in [1.29, 1.82) is 0 Å². The number of aromatic amines is 1. The van der Waals surface area contributed by atoms with E-state index in [2.05, 4.69) is 63.2 Å². The molecule has 78 valence electrons. The lowest BCUT2D eigenvalue weighted by molar-refractivity contribution is 0.981. The fourth-order valence-electron chi connectivity index (χ4n) is 1.28. The second-order valence-electron chi connectivity index (χ2n) is 3.40. The van der Waals surface area contributed by atoms with Crippen molar-refractivity contribution in [2.75, 3.05) is 5.32 Å². The highest BCUT2D eigenvalue weighted by atomic mass is 127. The van der Waals surface area contributed by atoms with Gasteiger partial charge in [-0.3, -0.25) is 5.10 Å². The molecular weight excluding hydrogens is 301 g/mol. The first kappa shape index (κ1) is 10.5. The second-order valence-corrected chi connectivity index (χ2v) is 4.56. The van der Waals surface area contributed by atoms with Gasteiger partial charge in [0.2, 0.25) is 0 Å². The molecule has 0 aliphatic heterocycles. The standard InChI is InChI=1S/C11H12IN3/c1-8-2-3-9(6-11(8)12)13-7-10-4-5-14-15-10/h2-6,13H,7H2,1H3,(H,14,15). The van der Waals surface area contributed by atoms with Gasteiger partial charge in [0.05, 0.1) is 12.2 Å². The topological polar surface area (TPSA) is 40.7 Å². The molecule has 0 spiro atoms. The van der Waals surface area contributed by atoms with Crippen LogP contribution in [0.3, 0.4) is 0 Å². The molecule has 1 heterocycles. The molecule has 1 aromatic heterocycles. The largest absolute Gasteiger partial charge is 0.379 e. The lowest BCUT2D eigenvalue weighted by atomic mass is 10.2. The molecule has 0 aliphatic rings. The molecule has 2 aromatic rings. The quantitative estimate of drug-likeness (QED) is 0.856. The van der Waals surface area contributed by atoms with Gasteiger partial charge in [-0.1, -0.05) is 6.07 Å². The van der Waals surface area contributed by atoms with Crippen LogP contribution in [-0.4, -0.2) is 10.2 Å². The van der Waals surface area contributed by atoms with E-state index in [-0.39, 0.29) is 0 Å². The zero-order valence-electron chi connectivity index (χ0n) is 8.42. The summed E-state index contributed by atoms with van der Waals surface area (Å²) in [6, 6.07) is 8.32. The van der Waals surface area contributed by atoms with E-state index >= 15 is 0 Å². The van der Waals surface area contributed by atoms with E-state index < -0.39 is 0 Å². The Bertz CT molecular complexity index is 437. The van der Waals surface area contributed by atoms with Gasteiger partial charge in [0.15, 0.2) is 0 Å². The molecule has 0 saturated heterocycles. The van der Waals surface area contributed by atoms with Crippen LogP contribution in [0.4, 0.5) is 5.69 Å². The highest BCUT2D eigenvalue weighted by Gasteiger charge is 1.97. The maximum Gasteiger partial charge on any atom is 0.0567 e. The van der Waals surface area contributed by atoms with Crippen molar-refractivity contribution in [2.45, 2.75) is 13.5 Å². The molecule has 0 unspecified atom stereocenters. The van der Waals surface area contributed by atoms with Gasteiger partial charge in [-0.25, -0.2) is 0 Å². The van der Waals surface area contributed by atoms with Gasteiger partial charge in [-0.05, 0) is 53.3 Å². The smallest absolute Gasteiger partial charge is 0.0567 e. The molecule has 15 heavy (non-hydrogen) atoms. The summed E-state index contributed by atoms with van der Waals surface area (Å²) >= 11 is 2.34. The molecule has 4 heteroatoms. The molecule has 2 N–H and O–H groups in total. The number of hydrogen-bond acceptors (Lipinski definition) is 2. The van der Waals surface area contributed by atoms with Crippen molar-refractivity contribution < 1.29 is 0 Å². The SMILES string of the molecule is Cc1ccc(NCc2ccn[nH]2)cc1I. The predicted molar refractivity (Wildman–Crippen MR) is 69.8 cm³/mol. The number of anilines is 1. The van der Waals surface area contributed by atoms with E-state index in [0.717, 1.165) is 17.9 Å². The Hall–Kier alpha value is -1.04. The third-order valence-corrected chi connectivity index (χ3v) is 3.38. The van der Waals surface area contributed by atoms with Crippen molar-refractivity contribution in [2.24, 2.45) is 0 Å². The van der Waals surface area contributed by atoms with Gasteiger partial charge in [0.1, 0.15) is 0 Å². The molecule has 0 saturated carbocycles. The summed E-state index contributed by atoms with van der Waals surface area (Å²) in [6.07, 6.45) is 1.76. The van der Waals surface area contributed by atoms with Crippen LogP contribution in [0.2, 0.25) is 0 Å². The van der Waals surface area contributed by atoms with E-state index in [9.17, 15) is 0 Å². The summed E-state index contributed by atoms with van der Waals surface area (Å²) in [5, 5.41) is 10.2. The van der Waals surface area contributed by atoms with Crippen LogP contribution >= 0.6 is 22.6 Å². The second kappa shape index (κ2) is 4.65. The molecule has 1 aromatic carbocycles. The van der Waals surface area contributed by atoms with Gasteiger partial charge in [0, 0.05) is 15.5 Å². The molecule has 0 aliphatic carbocycles. The van der Waals surface area contributed by atoms with Crippen LogP contribution in [0, 0.1) is 10.5 Å². The zero-order valence-corrected chi connectivity index (χ0v) is 10.6. The molecule has 0 atom stereocenters. The Labute approximate surface area is 102 Å². The molecular formula is C11H12IN3. The van der Waals surface area contributed by atoms with Gasteiger partial charge < -0.3 is 5.32 Å². The summed E-state index contributed by atoms with van der Waals surface area (Å²) in [6.45, 7) is 2.89. The Morgan fingerprint density at radius 2 is 2.27 bits per heavy atom. The number of nitrogens with zero attached hydrogens (tertiary/aromatic N) is 1. The minimum atomic E-state index is 0.777. The number of H-pyrrole nitrogens is 1. The van der Waals surface area contributed by atoms with Crippen LogP contribution in [0.5, 0.6) is 0 Å². The van der Waals surface area contributed by atoms with E-state index in [1.54, 1.807) is 6.20 Å². The van der Waals surface area contributed by atoms with E-state index in [1.807, 2.05) is 6.07 Å². The molecule has 0 radical (unpaired) electrons. The normalized spacial score (nSPS) is 10.3. The maximum atomic E-state index is 3.90. The molecule has 2 rings (SSSR count). The Kier molecular flexibility index (Phi) is 3.25. The molecule has 3 nitrogen and oxygen atoms in total. The fourth-order valence-corrected chi connectivity index (χ4v) is 1.80. The minimum Gasteiger partial charge on any atom is -0.379 e. The highest BCUT2D eigenvalue weighted by Crippen LogP contribution is 2.17. The van der Waals surface area contributed by atoms with Crippen LogP contribution in [0.25, 0.3) is 0 Å². The van der Waals surface area contributed by atoms with Crippen molar-refractivity contribution >= 4 is 28.3 Å². The van der Waals surface area contributed by atoms with Crippen LogP contribution in [0.15, 0.2) is 30.5 Å². The lowest BCUT2D eigenvalue weighted by Gasteiger charge is -2.06. The van der Waals surface area contributed by atoms with Crippen molar-refractivity contribution in [3.63, 3.8) is 0 Å². The number of nitrogens with one attached hydrogen (secondary N) is 2. The number of aryl methyl sites for hydroxylation is 1. The Morgan fingerprint density at radius 1 is 1.40 bits per heavy atom. The average Bonchev–Trinajstić information content (AvgIpc) is 2.73. The van der Waals surface area contributed by atoms with E-state index in [1.165, 1.54) is 9.13 Å². The number of aromatic nitrogens is 2. The third kappa shape index (κ3) is 2.71. The Morgan fingerprint density at radius 3 is 2.93 bits per heavy atom. The predicted octanol–water partition coefficient (Wildman–Crippen LogP) is 2.93. The zero-order chi connectivity index (χ0) is 10.7. The maximum absolute atomic E-state index is 3.90. The molecule has 0 fully saturated rings. The van der Waals surface area contributed by atoms with Crippen molar-refractivity contribution in [3.05, 3.63) is 45.3 Å². The van der Waals surface area contributed by atoms with Gasteiger partial charge in [-0.15, -0.1) is 0 Å². The number of hydrogen-bond donors (Lipinski definition) is 2. The van der Waals surface area contributed by atoms with Crippen LogP contribution in [-0.2, 0) is 6.54 Å². The molecule has 0 bridgehead atoms. The lowest BCUT2D eigenvalue weighted by Crippen LogP contribution is -2.00. The first-order valence-electron chi connectivity index (χ1n) is 4.74. The summed E-state index contributed by atoms with van der Waals surface area (Å²) in [4.78, 5) is 0. The number of rotatable bonds is 3. The van der Waals surface area contributed by atoms with E-state index in [4.69, 9.17) is 0 Å². The highest BCUT2D eigenvalue weighted by molar-refractivity contribution is 14.1. The third-order valence-electron chi connectivity index (χ3n) is 2.21. The average molecular weight is 313 g/mol. The molecule has 0 amide bonds. The number of benzene rings is 1.